The third-order valence-electron chi connectivity index (χ3n) is 11.0. The van der Waals surface area contributed by atoms with Gasteiger partial charge in [0.2, 0.25) is 0 Å². The first-order valence-corrected chi connectivity index (χ1v) is 24.9. The van der Waals surface area contributed by atoms with E-state index in [-0.39, 0.29) is 0 Å². The zero-order valence-corrected chi connectivity index (χ0v) is 36.5. The molecule has 0 saturated carbocycles. The lowest BCUT2D eigenvalue weighted by molar-refractivity contribution is 0.556. The average Bonchev–Trinajstić information content (AvgIpc) is 4.00. The average molecular weight is 793 g/mol. The molecule has 0 bridgehead atoms. The Morgan fingerprint density at radius 3 is 1.02 bits per heavy atom. The van der Waals surface area contributed by atoms with Crippen LogP contribution in [-0.2, 0) is 12.8 Å². The van der Waals surface area contributed by atoms with E-state index in [4.69, 9.17) is 0 Å². The van der Waals surface area contributed by atoms with E-state index in [2.05, 4.69) is 98.8 Å². The highest BCUT2D eigenvalue weighted by Crippen LogP contribution is 2.49. The lowest BCUT2D eigenvalue weighted by atomic mass is 10.0. The molecule has 4 aromatic heterocycles. The largest absolute Gasteiger partial charge is 0.134 e. The van der Waals surface area contributed by atoms with Gasteiger partial charge in [-0.1, -0.05) is 190 Å². The molecule has 0 aliphatic carbocycles. The Kier molecular flexibility index (Phi) is 17.5. The molecule has 0 unspecified atom stereocenters. The molecule has 0 saturated heterocycles. The zero-order chi connectivity index (χ0) is 37.2. The van der Waals surface area contributed by atoms with E-state index in [1.807, 2.05) is 45.3 Å². The van der Waals surface area contributed by atoms with Gasteiger partial charge >= 0.3 is 0 Å². The van der Waals surface area contributed by atoms with Gasteiger partial charge in [0.05, 0.1) is 0 Å². The summed E-state index contributed by atoms with van der Waals surface area (Å²) in [6.07, 6.45) is 30.1. The summed E-state index contributed by atoms with van der Waals surface area (Å²) < 4.78 is 2.90. The third-order valence-corrected chi connectivity index (χ3v) is 16.1. The van der Waals surface area contributed by atoms with Crippen LogP contribution in [0.3, 0.4) is 0 Å². The van der Waals surface area contributed by atoms with Crippen molar-refractivity contribution in [3.8, 4) is 40.4 Å². The predicted molar refractivity (Wildman–Crippen MR) is 248 cm³/mol. The first-order valence-electron chi connectivity index (χ1n) is 21.6. The van der Waals surface area contributed by atoms with Crippen molar-refractivity contribution in [1.29, 1.82) is 0 Å². The number of fused-ring (bicyclic) bond motifs is 1. The molecule has 6 aromatic rings. The van der Waals surface area contributed by atoms with Crippen LogP contribution in [0.4, 0.5) is 0 Å². The van der Waals surface area contributed by atoms with Crippen LogP contribution in [0, 0.1) is 0 Å². The minimum absolute atomic E-state index is 1.19. The quantitative estimate of drug-likeness (QED) is 0.0480. The van der Waals surface area contributed by atoms with Crippen molar-refractivity contribution < 1.29 is 0 Å². The number of rotatable bonds is 26. The molecule has 4 heterocycles. The van der Waals surface area contributed by atoms with Gasteiger partial charge in [0, 0.05) is 38.7 Å². The minimum Gasteiger partial charge on any atom is -0.134 e. The SMILES string of the molecule is CCCCCCCCCCCCc1cc(-c2ccccc2)sc1-c1cc2sc(-c3sc(-c4ccccc4)cc3CCCCCCCCCCCC)cc2s1. The van der Waals surface area contributed by atoms with Crippen LogP contribution in [0.1, 0.15) is 153 Å². The molecule has 0 aliphatic heterocycles. The first kappa shape index (κ1) is 41.1. The van der Waals surface area contributed by atoms with Crippen LogP contribution in [0.25, 0.3) is 49.8 Å². The fourth-order valence-electron chi connectivity index (χ4n) is 7.80. The van der Waals surface area contributed by atoms with Crippen molar-refractivity contribution in [2.75, 3.05) is 0 Å². The highest BCUT2D eigenvalue weighted by molar-refractivity contribution is 7.34. The summed E-state index contributed by atoms with van der Waals surface area (Å²) in [4.78, 5) is 8.74. The van der Waals surface area contributed by atoms with Gasteiger partial charge in [-0.3, -0.25) is 0 Å². The summed E-state index contributed by atoms with van der Waals surface area (Å²) in [6, 6.07) is 32.1. The number of thiophene rings is 4. The van der Waals surface area contributed by atoms with E-state index < -0.39 is 0 Å². The second-order valence-corrected chi connectivity index (χ2v) is 19.7. The fraction of sp³-hybridized carbons (Fsp3) is 0.480. The van der Waals surface area contributed by atoms with E-state index in [9.17, 15) is 0 Å². The summed E-state index contributed by atoms with van der Waals surface area (Å²) >= 11 is 8.05. The van der Waals surface area contributed by atoms with Gasteiger partial charge < -0.3 is 0 Å². The van der Waals surface area contributed by atoms with Crippen molar-refractivity contribution in [2.45, 2.75) is 155 Å². The molecule has 0 spiro atoms. The van der Waals surface area contributed by atoms with E-state index in [0.29, 0.717) is 0 Å². The highest BCUT2D eigenvalue weighted by atomic mass is 32.1. The Morgan fingerprint density at radius 1 is 0.333 bits per heavy atom. The summed E-state index contributed by atoms with van der Waals surface area (Å²) in [5.41, 5.74) is 5.80. The minimum atomic E-state index is 1.19. The molecule has 2 aromatic carbocycles. The third kappa shape index (κ3) is 12.2. The van der Waals surface area contributed by atoms with Crippen molar-refractivity contribution >= 4 is 54.7 Å². The second kappa shape index (κ2) is 22.9. The molecule has 288 valence electrons. The number of unbranched alkanes of at least 4 members (excludes halogenated alkanes) is 18. The van der Waals surface area contributed by atoms with Crippen molar-refractivity contribution in [3.05, 3.63) is 96.1 Å². The van der Waals surface area contributed by atoms with Gasteiger partial charge in [0.25, 0.3) is 0 Å². The molecular formula is C50H64S4. The summed E-state index contributed by atoms with van der Waals surface area (Å²) in [5, 5.41) is 0. The molecular weight excluding hydrogens is 729 g/mol. The molecule has 0 radical (unpaired) electrons. The lowest BCUT2D eigenvalue weighted by Gasteiger charge is -2.04. The number of benzene rings is 2. The smallest absolute Gasteiger partial charge is 0.0481 e. The topological polar surface area (TPSA) is 0 Å². The number of hydrogen-bond donors (Lipinski definition) is 0. The molecule has 4 heteroatoms. The van der Waals surface area contributed by atoms with Crippen LogP contribution in [0.2, 0.25) is 0 Å². The molecule has 0 fully saturated rings. The summed E-state index contributed by atoms with van der Waals surface area (Å²) in [5.74, 6) is 0. The van der Waals surface area contributed by atoms with Gasteiger partial charge in [-0.15, -0.1) is 45.3 Å². The van der Waals surface area contributed by atoms with E-state index >= 15 is 0 Å². The van der Waals surface area contributed by atoms with Crippen LogP contribution >= 0.6 is 45.3 Å². The van der Waals surface area contributed by atoms with Crippen LogP contribution < -0.4 is 0 Å². The number of aryl methyl sites for hydroxylation is 2. The molecule has 0 atom stereocenters. The standard InChI is InChI=1S/C50H64S4/c1-3-5-7-9-11-13-15-17-19-23-33-41-35-43(39-29-25-21-26-30-39)53-49(41)47-37-45-46(51-47)38-48(52-45)50-42(36-44(54-50)40-31-27-22-28-32-40)34-24-20-18-16-14-12-10-8-6-4-2/h21-22,25-32,35-38H,3-20,23-24,33-34H2,1-2H3. The number of hydrogen-bond acceptors (Lipinski definition) is 4. The van der Waals surface area contributed by atoms with Crippen molar-refractivity contribution in [3.63, 3.8) is 0 Å². The monoisotopic (exact) mass is 792 g/mol. The summed E-state index contributed by atoms with van der Waals surface area (Å²) in [6.45, 7) is 4.61. The molecule has 54 heavy (non-hydrogen) atoms. The Labute approximate surface area is 344 Å². The maximum atomic E-state index is 2.52. The maximum Gasteiger partial charge on any atom is 0.0481 e. The Balaban J connectivity index is 1.13. The second-order valence-electron chi connectivity index (χ2n) is 15.5. The van der Waals surface area contributed by atoms with Crippen LogP contribution in [0.15, 0.2) is 84.9 Å². The van der Waals surface area contributed by atoms with Gasteiger partial charge in [-0.2, -0.15) is 0 Å². The fourth-order valence-corrected chi connectivity index (χ4v) is 12.9. The van der Waals surface area contributed by atoms with Gasteiger partial charge in [-0.05, 0) is 72.2 Å². The van der Waals surface area contributed by atoms with E-state index in [1.54, 1.807) is 11.1 Å². The van der Waals surface area contributed by atoms with Gasteiger partial charge in [-0.25, -0.2) is 0 Å². The zero-order valence-electron chi connectivity index (χ0n) is 33.3. The Bertz CT molecular complexity index is 1730. The molecule has 0 N–H and O–H groups in total. The Hall–Kier alpha value is -2.50. The first-order chi connectivity index (χ1) is 26.7. The van der Waals surface area contributed by atoms with E-state index in [1.165, 1.54) is 191 Å². The predicted octanol–water partition coefficient (Wildman–Crippen LogP) is 18.7. The maximum absolute atomic E-state index is 2.52. The van der Waals surface area contributed by atoms with E-state index in [0.717, 1.165) is 0 Å². The molecule has 0 amide bonds. The summed E-state index contributed by atoms with van der Waals surface area (Å²) in [7, 11) is 0. The Morgan fingerprint density at radius 2 is 0.667 bits per heavy atom. The van der Waals surface area contributed by atoms with Crippen molar-refractivity contribution in [2.24, 2.45) is 0 Å². The molecule has 0 aliphatic rings. The highest BCUT2D eigenvalue weighted by Gasteiger charge is 2.19. The van der Waals surface area contributed by atoms with Crippen molar-refractivity contribution in [1.82, 2.24) is 0 Å². The van der Waals surface area contributed by atoms with Gasteiger partial charge in [0.15, 0.2) is 0 Å². The van der Waals surface area contributed by atoms with Crippen LogP contribution in [0.5, 0.6) is 0 Å². The lowest BCUT2D eigenvalue weighted by Crippen LogP contribution is -1.87. The van der Waals surface area contributed by atoms with Gasteiger partial charge in [0.1, 0.15) is 0 Å². The molecule has 6 rings (SSSR count). The molecule has 0 nitrogen and oxygen atoms in total. The van der Waals surface area contributed by atoms with Crippen LogP contribution in [-0.4, -0.2) is 0 Å². The normalized spacial score (nSPS) is 11.7.